The third kappa shape index (κ3) is 5.98. The summed E-state index contributed by atoms with van der Waals surface area (Å²) in [7, 11) is 0. The number of nitrogens with zero attached hydrogens (tertiary/aromatic N) is 1. The van der Waals surface area contributed by atoms with Crippen LogP contribution in [0.1, 0.15) is 30.9 Å². The lowest BCUT2D eigenvalue weighted by Gasteiger charge is -2.21. The van der Waals surface area contributed by atoms with E-state index in [2.05, 4.69) is 40.0 Å². The number of carbonyl (C=O) groups is 2. The van der Waals surface area contributed by atoms with E-state index in [4.69, 9.17) is 5.73 Å². The van der Waals surface area contributed by atoms with Crippen molar-refractivity contribution < 1.29 is 9.59 Å². The van der Waals surface area contributed by atoms with Crippen molar-refractivity contribution in [2.45, 2.75) is 44.7 Å². The van der Waals surface area contributed by atoms with E-state index in [0.29, 0.717) is 31.5 Å². The van der Waals surface area contributed by atoms with E-state index >= 15 is 0 Å². The molecule has 1 fully saturated rings. The van der Waals surface area contributed by atoms with Gasteiger partial charge in [0.05, 0.1) is 23.4 Å². The van der Waals surface area contributed by atoms with Gasteiger partial charge in [0, 0.05) is 5.39 Å². The number of amides is 2. The van der Waals surface area contributed by atoms with Gasteiger partial charge in [-0.3, -0.25) is 14.6 Å². The largest absolute Gasteiger partial charge is 0.343 e. The Morgan fingerprint density at radius 2 is 1.97 bits per heavy atom. The minimum absolute atomic E-state index is 0.159. The van der Waals surface area contributed by atoms with Crippen molar-refractivity contribution in [2.75, 3.05) is 18.4 Å². The molecule has 34 heavy (non-hydrogen) atoms. The first-order valence-electron chi connectivity index (χ1n) is 12.0. The van der Waals surface area contributed by atoms with Crippen LogP contribution in [-0.2, 0) is 22.4 Å². The summed E-state index contributed by atoms with van der Waals surface area (Å²) in [6.45, 7) is 3.37. The van der Waals surface area contributed by atoms with E-state index in [1.807, 2.05) is 42.5 Å². The summed E-state index contributed by atoms with van der Waals surface area (Å²) < 4.78 is 0. The van der Waals surface area contributed by atoms with Gasteiger partial charge in [0.2, 0.25) is 11.8 Å². The number of nitrogens with one attached hydrogen (secondary N) is 3. The van der Waals surface area contributed by atoms with Gasteiger partial charge < -0.3 is 21.7 Å². The first-order valence-corrected chi connectivity index (χ1v) is 12.0. The van der Waals surface area contributed by atoms with Crippen LogP contribution in [0, 0.1) is 5.92 Å². The van der Waals surface area contributed by atoms with Crippen LogP contribution in [0.25, 0.3) is 10.9 Å². The summed E-state index contributed by atoms with van der Waals surface area (Å²) in [5, 5.41) is 10.1. The van der Waals surface area contributed by atoms with Gasteiger partial charge in [-0.25, -0.2) is 0 Å². The number of aryl methyl sites for hydroxylation is 2. The van der Waals surface area contributed by atoms with Gasteiger partial charge in [0.1, 0.15) is 6.04 Å². The zero-order chi connectivity index (χ0) is 23.9. The molecule has 7 heteroatoms. The Kier molecular flexibility index (Phi) is 7.87. The lowest BCUT2D eigenvalue weighted by Crippen LogP contribution is -2.50. The molecule has 3 unspecified atom stereocenters. The van der Waals surface area contributed by atoms with E-state index in [0.717, 1.165) is 29.4 Å². The molecule has 0 radical (unpaired) electrons. The van der Waals surface area contributed by atoms with Gasteiger partial charge in [-0.2, -0.15) is 0 Å². The molecular weight excluding hydrogens is 426 g/mol. The van der Waals surface area contributed by atoms with Crippen molar-refractivity contribution >= 4 is 28.4 Å². The Morgan fingerprint density at radius 1 is 1.15 bits per heavy atom. The minimum atomic E-state index is -0.663. The molecule has 3 aromatic rings. The fraction of sp³-hybridized carbons (Fsp3) is 0.370. The molecule has 2 aromatic carbocycles. The predicted molar refractivity (Wildman–Crippen MR) is 135 cm³/mol. The number of hydrogen-bond donors (Lipinski definition) is 4. The highest BCUT2D eigenvalue weighted by atomic mass is 16.2. The molecule has 1 aliphatic heterocycles. The van der Waals surface area contributed by atoms with E-state index in [1.54, 1.807) is 6.20 Å². The Labute approximate surface area is 200 Å². The molecule has 0 spiro atoms. The van der Waals surface area contributed by atoms with E-state index in [9.17, 15) is 9.59 Å². The molecule has 2 amide bonds. The van der Waals surface area contributed by atoms with Gasteiger partial charge in [-0.15, -0.1) is 0 Å². The van der Waals surface area contributed by atoms with Gasteiger partial charge in [-0.05, 0) is 74.0 Å². The van der Waals surface area contributed by atoms with Crippen LogP contribution in [0.2, 0.25) is 0 Å². The third-order valence-electron chi connectivity index (χ3n) is 6.49. The normalized spacial score (nSPS) is 18.5. The number of rotatable bonds is 9. The number of aromatic nitrogens is 1. The molecule has 1 aliphatic rings. The van der Waals surface area contributed by atoms with Crippen LogP contribution in [-0.4, -0.2) is 42.0 Å². The summed E-state index contributed by atoms with van der Waals surface area (Å²) in [4.78, 5) is 30.7. The summed E-state index contributed by atoms with van der Waals surface area (Å²) in [6, 6.07) is 17.1. The van der Waals surface area contributed by atoms with Gasteiger partial charge in [0.15, 0.2) is 0 Å². The van der Waals surface area contributed by atoms with Crippen LogP contribution in [0.4, 0.5) is 5.69 Å². The van der Waals surface area contributed by atoms with Crippen LogP contribution in [0.3, 0.4) is 0 Å². The number of fused-ring (bicyclic) bond motifs is 1. The molecule has 1 aromatic heterocycles. The summed E-state index contributed by atoms with van der Waals surface area (Å²) in [5.74, 6) is -0.122. The van der Waals surface area contributed by atoms with Crippen LogP contribution in [0.15, 0.2) is 60.8 Å². The highest BCUT2D eigenvalue weighted by molar-refractivity contribution is 5.99. The van der Waals surface area contributed by atoms with Crippen LogP contribution >= 0.6 is 0 Å². The minimum Gasteiger partial charge on any atom is -0.343 e. The zero-order valence-corrected chi connectivity index (χ0v) is 19.6. The smallest absolute Gasteiger partial charge is 0.247 e. The molecule has 178 valence electrons. The predicted octanol–water partition coefficient (Wildman–Crippen LogP) is 2.79. The maximum atomic E-state index is 13.3. The van der Waals surface area contributed by atoms with Crippen molar-refractivity contribution in [1.82, 2.24) is 15.6 Å². The van der Waals surface area contributed by atoms with E-state index in [1.165, 1.54) is 5.56 Å². The summed E-state index contributed by atoms with van der Waals surface area (Å²) in [6.07, 6.45) is 4.45. The average molecular weight is 460 g/mol. The molecule has 4 rings (SSSR count). The number of hydrogen-bond acceptors (Lipinski definition) is 5. The monoisotopic (exact) mass is 459 g/mol. The highest BCUT2D eigenvalue weighted by Crippen LogP contribution is 2.19. The van der Waals surface area contributed by atoms with Gasteiger partial charge >= 0.3 is 0 Å². The Morgan fingerprint density at radius 3 is 2.71 bits per heavy atom. The molecule has 7 nitrogen and oxygen atoms in total. The van der Waals surface area contributed by atoms with Gasteiger partial charge in [-0.1, -0.05) is 43.3 Å². The Balaban J connectivity index is 1.48. The second kappa shape index (κ2) is 11.2. The maximum Gasteiger partial charge on any atom is 0.247 e. The number of benzene rings is 2. The van der Waals surface area contributed by atoms with Crippen molar-refractivity contribution in [1.29, 1.82) is 0 Å². The van der Waals surface area contributed by atoms with Crippen LogP contribution in [0.5, 0.6) is 0 Å². The van der Waals surface area contributed by atoms with Crippen molar-refractivity contribution in [3.8, 4) is 0 Å². The third-order valence-corrected chi connectivity index (χ3v) is 6.49. The molecule has 5 N–H and O–H groups in total. The summed E-state index contributed by atoms with van der Waals surface area (Å²) >= 11 is 0. The second-order valence-corrected chi connectivity index (χ2v) is 8.98. The van der Waals surface area contributed by atoms with Crippen molar-refractivity contribution in [2.24, 2.45) is 11.7 Å². The lowest BCUT2D eigenvalue weighted by atomic mass is 10.0. The molecular formula is C27H33N5O2. The standard InChI is InChI=1S/C27H33N5O2/c1-2-18-8-10-23-21(12-18)14-22(17-30-23)31-26(33)24(11-9-19-6-4-3-5-7-19)32-27(34)25-13-20(15-28)16-29-25/h3-8,10,12,14,17,20,24-25,29H,2,9,11,13,15-16,28H2,1H3,(H,31,33)(H,32,34). The molecule has 0 bridgehead atoms. The van der Waals surface area contributed by atoms with Crippen molar-refractivity contribution in [3.05, 3.63) is 71.9 Å². The molecule has 2 heterocycles. The maximum absolute atomic E-state index is 13.3. The average Bonchev–Trinajstić information content (AvgIpc) is 3.36. The SMILES string of the molecule is CCc1ccc2ncc(NC(=O)C(CCc3ccccc3)NC(=O)C3CC(CN)CN3)cc2c1. The lowest BCUT2D eigenvalue weighted by molar-refractivity contribution is -0.127. The Bertz CT molecular complexity index is 1130. The summed E-state index contributed by atoms with van der Waals surface area (Å²) in [5.41, 5.74) is 9.59. The van der Waals surface area contributed by atoms with E-state index in [-0.39, 0.29) is 23.8 Å². The first kappa shape index (κ1) is 23.9. The highest BCUT2D eigenvalue weighted by Gasteiger charge is 2.31. The van der Waals surface area contributed by atoms with Gasteiger partial charge in [0.25, 0.3) is 0 Å². The topological polar surface area (TPSA) is 109 Å². The second-order valence-electron chi connectivity index (χ2n) is 8.98. The molecule has 0 saturated carbocycles. The van der Waals surface area contributed by atoms with Crippen molar-refractivity contribution in [3.63, 3.8) is 0 Å². The number of pyridine rings is 1. The molecule has 3 atom stereocenters. The Hall–Kier alpha value is -3.29. The molecule has 1 saturated heterocycles. The first-order chi connectivity index (χ1) is 16.6. The molecule has 0 aliphatic carbocycles. The van der Waals surface area contributed by atoms with Crippen LogP contribution < -0.4 is 21.7 Å². The zero-order valence-electron chi connectivity index (χ0n) is 19.6. The number of anilines is 1. The fourth-order valence-corrected chi connectivity index (χ4v) is 4.38. The number of carbonyl (C=O) groups excluding carboxylic acids is 2. The van der Waals surface area contributed by atoms with E-state index < -0.39 is 6.04 Å². The quantitative estimate of drug-likeness (QED) is 0.393. The number of nitrogens with two attached hydrogens (primary N) is 1. The fourth-order valence-electron chi connectivity index (χ4n) is 4.38.